The lowest BCUT2D eigenvalue weighted by Crippen LogP contribution is -2.31. The standard InChI is InChI=1S/C7H13NO4/c1-8(2)7(11)6-5(12-6)4(10)3-9/h4-6,9-10H,3H2,1-2H3/t4-,5-,6+/m1/s1. The van der Waals surface area contributed by atoms with E-state index in [2.05, 4.69) is 0 Å². The highest BCUT2D eigenvalue weighted by atomic mass is 16.6. The van der Waals surface area contributed by atoms with Crippen molar-refractivity contribution in [3.05, 3.63) is 0 Å². The van der Waals surface area contributed by atoms with Crippen LogP contribution in [0.15, 0.2) is 0 Å². The number of rotatable bonds is 3. The second-order valence-electron chi connectivity index (χ2n) is 3.00. The predicted molar refractivity (Wildman–Crippen MR) is 40.4 cm³/mol. The zero-order valence-corrected chi connectivity index (χ0v) is 7.10. The molecule has 1 amide bonds. The molecule has 70 valence electrons. The fourth-order valence-corrected chi connectivity index (χ4v) is 0.973. The van der Waals surface area contributed by atoms with Gasteiger partial charge in [0.25, 0.3) is 5.91 Å². The molecule has 0 spiro atoms. The van der Waals surface area contributed by atoms with Crippen LogP contribution in [0.25, 0.3) is 0 Å². The summed E-state index contributed by atoms with van der Waals surface area (Å²) in [6.45, 7) is -0.373. The van der Waals surface area contributed by atoms with Crippen LogP contribution in [0.5, 0.6) is 0 Å². The van der Waals surface area contributed by atoms with Gasteiger partial charge in [0.2, 0.25) is 0 Å². The molecule has 0 aliphatic carbocycles. The van der Waals surface area contributed by atoms with E-state index in [0.29, 0.717) is 0 Å². The fraction of sp³-hybridized carbons (Fsp3) is 0.857. The van der Waals surface area contributed by atoms with Crippen molar-refractivity contribution in [2.75, 3.05) is 20.7 Å². The van der Waals surface area contributed by atoms with Crippen molar-refractivity contribution in [1.29, 1.82) is 0 Å². The van der Waals surface area contributed by atoms with E-state index in [1.165, 1.54) is 4.90 Å². The first-order valence-corrected chi connectivity index (χ1v) is 3.73. The number of likely N-dealkylation sites (N-methyl/N-ethyl adjacent to an activating group) is 1. The maximum atomic E-state index is 11.1. The fourth-order valence-electron chi connectivity index (χ4n) is 0.973. The van der Waals surface area contributed by atoms with E-state index >= 15 is 0 Å². The molecule has 1 aliphatic rings. The highest BCUT2D eigenvalue weighted by Gasteiger charge is 2.49. The molecule has 1 aliphatic heterocycles. The minimum Gasteiger partial charge on any atom is -0.394 e. The number of amides is 1. The van der Waals surface area contributed by atoms with Crippen LogP contribution < -0.4 is 0 Å². The minimum atomic E-state index is -0.945. The van der Waals surface area contributed by atoms with Gasteiger partial charge < -0.3 is 19.8 Å². The molecule has 0 unspecified atom stereocenters. The second kappa shape index (κ2) is 3.38. The van der Waals surface area contributed by atoms with Crippen LogP contribution in [0.2, 0.25) is 0 Å². The van der Waals surface area contributed by atoms with Crippen molar-refractivity contribution < 1.29 is 19.7 Å². The van der Waals surface area contributed by atoms with Gasteiger partial charge in [0, 0.05) is 14.1 Å². The number of hydrogen-bond acceptors (Lipinski definition) is 4. The van der Waals surface area contributed by atoms with Crippen molar-refractivity contribution in [2.45, 2.75) is 18.3 Å². The van der Waals surface area contributed by atoms with E-state index in [9.17, 15) is 4.79 Å². The Morgan fingerprint density at radius 2 is 2.25 bits per heavy atom. The zero-order chi connectivity index (χ0) is 9.30. The Balaban J connectivity index is 2.37. The second-order valence-corrected chi connectivity index (χ2v) is 3.00. The maximum Gasteiger partial charge on any atom is 0.254 e. The molecule has 1 saturated heterocycles. The highest BCUT2D eigenvalue weighted by molar-refractivity contribution is 5.83. The van der Waals surface area contributed by atoms with Crippen LogP contribution in [0.3, 0.4) is 0 Å². The van der Waals surface area contributed by atoms with E-state index in [1.54, 1.807) is 14.1 Å². The maximum absolute atomic E-state index is 11.1. The lowest BCUT2D eigenvalue weighted by atomic mass is 10.2. The Labute approximate surface area is 70.5 Å². The molecule has 0 saturated carbocycles. The average Bonchev–Trinajstić information content (AvgIpc) is 2.80. The molecule has 2 N–H and O–H groups in total. The van der Waals surface area contributed by atoms with Crippen LogP contribution in [0.1, 0.15) is 0 Å². The quantitative estimate of drug-likeness (QED) is 0.496. The van der Waals surface area contributed by atoms with Crippen LogP contribution in [0.4, 0.5) is 0 Å². The largest absolute Gasteiger partial charge is 0.394 e. The van der Waals surface area contributed by atoms with Gasteiger partial charge in [0.1, 0.15) is 12.2 Å². The molecule has 1 rings (SSSR count). The van der Waals surface area contributed by atoms with Crippen LogP contribution in [-0.2, 0) is 9.53 Å². The molecule has 1 fully saturated rings. The summed E-state index contributed by atoms with van der Waals surface area (Å²) in [5.74, 6) is -0.174. The molecule has 0 bridgehead atoms. The van der Waals surface area contributed by atoms with E-state index in [1.807, 2.05) is 0 Å². The number of nitrogens with zero attached hydrogens (tertiary/aromatic N) is 1. The smallest absolute Gasteiger partial charge is 0.254 e. The van der Waals surface area contributed by atoms with Gasteiger partial charge in [-0.2, -0.15) is 0 Å². The number of aliphatic hydroxyl groups excluding tert-OH is 2. The first-order valence-electron chi connectivity index (χ1n) is 3.73. The summed E-state index contributed by atoms with van der Waals surface area (Å²) in [4.78, 5) is 12.5. The van der Waals surface area contributed by atoms with E-state index in [0.717, 1.165) is 0 Å². The van der Waals surface area contributed by atoms with Crippen molar-refractivity contribution in [1.82, 2.24) is 4.90 Å². The third-order valence-electron chi connectivity index (χ3n) is 1.78. The van der Waals surface area contributed by atoms with Gasteiger partial charge in [-0.15, -0.1) is 0 Å². The Kier molecular flexibility index (Phi) is 2.66. The Morgan fingerprint density at radius 3 is 2.67 bits per heavy atom. The highest BCUT2D eigenvalue weighted by Crippen LogP contribution is 2.26. The van der Waals surface area contributed by atoms with Crippen LogP contribution >= 0.6 is 0 Å². The number of carbonyl (C=O) groups is 1. The average molecular weight is 175 g/mol. The molecule has 12 heavy (non-hydrogen) atoms. The molecule has 0 aromatic heterocycles. The Morgan fingerprint density at radius 1 is 1.67 bits per heavy atom. The SMILES string of the molecule is CN(C)C(=O)[C@H]1O[C@@H]1[C@H](O)CO. The molecule has 0 aromatic rings. The van der Waals surface area contributed by atoms with E-state index in [-0.39, 0.29) is 12.5 Å². The van der Waals surface area contributed by atoms with Gasteiger partial charge in [0.15, 0.2) is 6.10 Å². The molecule has 5 heteroatoms. The van der Waals surface area contributed by atoms with Crippen molar-refractivity contribution in [3.8, 4) is 0 Å². The summed E-state index contributed by atoms with van der Waals surface area (Å²) in [6.07, 6.45) is -2.04. The van der Waals surface area contributed by atoms with Gasteiger partial charge >= 0.3 is 0 Å². The molecular weight excluding hydrogens is 162 g/mol. The minimum absolute atomic E-state index is 0.174. The first kappa shape index (κ1) is 9.44. The van der Waals surface area contributed by atoms with Crippen molar-refractivity contribution >= 4 is 5.91 Å². The molecule has 0 radical (unpaired) electrons. The van der Waals surface area contributed by atoms with Gasteiger partial charge in [-0.25, -0.2) is 0 Å². The molecule has 5 nitrogen and oxygen atoms in total. The van der Waals surface area contributed by atoms with Crippen LogP contribution in [0, 0.1) is 0 Å². The molecule has 3 atom stereocenters. The monoisotopic (exact) mass is 175 g/mol. The first-order chi connectivity index (χ1) is 5.57. The van der Waals surface area contributed by atoms with Gasteiger partial charge in [0.05, 0.1) is 6.61 Å². The Hall–Kier alpha value is -0.650. The topological polar surface area (TPSA) is 73.3 Å². The number of ether oxygens (including phenoxy) is 1. The number of aliphatic hydroxyl groups is 2. The number of carbonyl (C=O) groups excluding carboxylic acids is 1. The Bertz CT molecular complexity index is 182. The molecular formula is C7H13NO4. The van der Waals surface area contributed by atoms with E-state index in [4.69, 9.17) is 14.9 Å². The summed E-state index contributed by atoms with van der Waals surface area (Å²) in [5, 5.41) is 17.6. The normalized spacial score (nSPS) is 29.7. The summed E-state index contributed by atoms with van der Waals surface area (Å²) >= 11 is 0. The molecule has 1 heterocycles. The van der Waals surface area contributed by atoms with Crippen molar-refractivity contribution in [3.63, 3.8) is 0 Å². The molecule has 0 aromatic carbocycles. The third kappa shape index (κ3) is 1.74. The van der Waals surface area contributed by atoms with Crippen molar-refractivity contribution in [2.24, 2.45) is 0 Å². The summed E-state index contributed by atoms with van der Waals surface area (Å²) in [7, 11) is 3.23. The summed E-state index contributed by atoms with van der Waals surface area (Å²) in [5.41, 5.74) is 0. The van der Waals surface area contributed by atoms with Gasteiger partial charge in [-0.1, -0.05) is 0 Å². The van der Waals surface area contributed by atoms with Gasteiger partial charge in [-0.3, -0.25) is 4.79 Å². The third-order valence-corrected chi connectivity index (χ3v) is 1.78. The number of epoxide rings is 1. The lowest BCUT2D eigenvalue weighted by molar-refractivity contribution is -0.130. The number of hydrogen-bond donors (Lipinski definition) is 2. The van der Waals surface area contributed by atoms with E-state index < -0.39 is 18.3 Å². The van der Waals surface area contributed by atoms with Gasteiger partial charge in [-0.05, 0) is 0 Å². The lowest BCUT2D eigenvalue weighted by Gasteiger charge is -2.07. The summed E-state index contributed by atoms with van der Waals surface area (Å²) < 4.78 is 4.89. The summed E-state index contributed by atoms with van der Waals surface area (Å²) in [6, 6.07) is 0. The van der Waals surface area contributed by atoms with Crippen LogP contribution in [-0.4, -0.2) is 60.0 Å². The predicted octanol–water partition coefficient (Wildman–Crippen LogP) is -1.80. The zero-order valence-electron chi connectivity index (χ0n) is 7.10.